The summed E-state index contributed by atoms with van der Waals surface area (Å²) >= 11 is 6.12. The Balaban J connectivity index is 2.18. The summed E-state index contributed by atoms with van der Waals surface area (Å²) in [6.07, 6.45) is 1.52. The first-order chi connectivity index (χ1) is 13.5. The van der Waals surface area contributed by atoms with Crippen molar-refractivity contribution >= 4 is 46.8 Å². The van der Waals surface area contributed by atoms with E-state index in [0.29, 0.717) is 21.5 Å². The molecule has 1 heterocycles. The molecule has 0 spiro atoms. The highest BCUT2D eigenvalue weighted by atomic mass is 35.5. The molecule has 2 aromatic carbocycles. The monoisotopic (exact) mass is 420 g/mol. The number of hydrogen-bond donors (Lipinski definition) is 1. The van der Waals surface area contributed by atoms with Crippen molar-refractivity contribution < 1.29 is 18.3 Å². The fourth-order valence-electron chi connectivity index (χ4n) is 2.83. The number of nitrogens with zero attached hydrogens (tertiary/aromatic N) is 1. The molecule has 0 saturated carbocycles. The number of rotatable bonds is 8. The molecule has 0 aliphatic heterocycles. The molecule has 0 bridgehead atoms. The van der Waals surface area contributed by atoms with Gasteiger partial charge in [-0.3, -0.25) is 9.55 Å². The van der Waals surface area contributed by atoms with Crippen LogP contribution in [0.1, 0.15) is 13.8 Å². The SMILES string of the molecule is CCOP(=O)(OCC)c1cnc2cc(Cl)ccc2c1Nc1ccc(OC)cc1. The van der Waals surface area contributed by atoms with E-state index in [1.54, 1.807) is 33.1 Å². The molecule has 1 N–H and O–H groups in total. The summed E-state index contributed by atoms with van der Waals surface area (Å²) in [5.41, 5.74) is 2.08. The van der Waals surface area contributed by atoms with E-state index in [9.17, 15) is 4.57 Å². The molecule has 0 unspecified atom stereocenters. The van der Waals surface area contributed by atoms with Crippen LogP contribution in [0.2, 0.25) is 5.02 Å². The molecule has 6 nitrogen and oxygen atoms in total. The lowest BCUT2D eigenvalue weighted by Gasteiger charge is -2.21. The maximum absolute atomic E-state index is 13.5. The van der Waals surface area contributed by atoms with Crippen LogP contribution in [0.4, 0.5) is 11.4 Å². The Morgan fingerprint density at radius 3 is 2.36 bits per heavy atom. The smallest absolute Gasteiger partial charge is 0.365 e. The number of anilines is 2. The predicted molar refractivity (Wildman–Crippen MR) is 114 cm³/mol. The Hall–Kier alpha value is -2.11. The van der Waals surface area contributed by atoms with E-state index in [1.165, 1.54) is 6.20 Å². The summed E-state index contributed by atoms with van der Waals surface area (Å²) in [7, 11) is -1.95. The number of aromatic nitrogens is 1. The standard InChI is InChI=1S/C20H22ClN2O4P/c1-4-26-28(24,27-5-2)19-13-22-18-12-14(21)6-11-17(18)20(19)23-15-7-9-16(25-3)10-8-15/h6-13H,4-5H2,1-3H3,(H,22,23). The van der Waals surface area contributed by atoms with Gasteiger partial charge in [0.15, 0.2) is 0 Å². The van der Waals surface area contributed by atoms with Gasteiger partial charge in [0.1, 0.15) is 11.1 Å². The van der Waals surface area contributed by atoms with Gasteiger partial charge in [0.25, 0.3) is 0 Å². The first-order valence-electron chi connectivity index (χ1n) is 8.89. The topological polar surface area (TPSA) is 69.7 Å². The number of methoxy groups -OCH3 is 1. The fourth-order valence-corrected chi connectivity index (χ4v) is 4.68. The highest BCUT2D eigenvalue weighted by molar-refractivity contribution is 7.62. The van der Waals surface area contributed by atoms with Gasteiger partial charge in [0, 0.05) is 22.3 Å². The average Bonchev–Trinajstić information content (AvgIpc) is 2.68. The minimum Gasteiger partial charge on any atom is -0.497 e. The predicted octanol–water partition coefficient (Wildman–Crippen LogP) is 5.53. The number of pyridine rings is 1. The third-order valence-corrected chi connectivity index (χ3v) is 6.42. The fraction of sp³-hybridized carbons (Fsp3) is 0.250. The molecule has 28 heavy (non-hydrogen) atoms. The van der Waals surface area contributed by atoms with Gasteiger partial charge < -0.3 is 19.1 Å². The van der Waals surface area contributed by atoms with Crippen molar-refractivity contribution in [3.05, 3.63) is 53.7 Å². The molecule has 0 aliphatic carbocycles. The van der Waals surface area contributed by atoms with Crippen LogP contribution in [0.3, 0.4) is 0 Å². The Kier molecular flexibility index (Phi) is 6.57. The minimum atomic E-state index is -3.56. The zero-order valence-electron chi connectivity index (χ0n) is 15.9. The molecule has 148 valence electrons. The number of halogens is 1. The Morgan fingerprint density at radius 2 is 1.75 bits per heavy atom. The van der Waals surface area contributed by atoms with E-state index in [2.05, 4.69) is 10.3 Å². The maximum atomic E-state index is 13.5. The normalized spacial score (nSPS) is 11.6. The average molecular weight is 421 g/mol. The Morgan fingerprint density at radius 1 is 1.07 bits per heavy atom. The van der Waals surface area contributed by atoms with Crippen LogP contribution < -0.4 is 15.4 Å². The van der Waals surface area contributed by atoms with E-state index in [4.69, 9.17) is 25.4 Å². The Bertz CT molecular complexity index is 1000. The number of benzene rings is 2. The van der Waals surface area contributed by atoms with Gasteiger partial charge in [-0.05, 0) is 56.3 Å². The summed E-state index contributed by atoms with van der Waals surface area (Å²) < 4.78 is 29.8. The second-order valence-electron chi connectivity index (χ2n) is 5.87. The molecule has 0 saturated heterocycles. The van der Waals surface area contributed by atoms with E-state index in [0.717, 1.165) is 16.8 Å². The van der Waals surface area contributed by atoms with Crippen molar-refractivity contribution in [2.45, 2.75) is 13.8 Å². The van der Waals surface area contributed by atoms with Gasteiger partial charge in [0.2, 0.25) is 0 Å². The van der Waals surface area contributed by atoms with E-state index in [-0.39, 0.29) is 13.2 Å². The van der Waals surface area contributed by atoms with Crippen molar-refractivity contribution in [3.63, 3.8) is 0 Å². The van der Waals surface area contributed by atoms with Crippen molar-refractivity contribution in [1.29, 1.82) is 0 Å². The zero-order valence-corrected chi connectivity index (χ0v) is 17.6. The molecule has 0 radical (unpaired) electrons. The molecular formula is C20H22ClN2O4P. The lowest BCUT2D eigenvalue weighted by Crippen LogP contribution is -2.16. The van der Waals surface area contributed by atoms with Crippen LogP contribution in [0, 0.1) is 0 Å². The van der Waals surface area contributed by atoms with Crippen LogP contribution in [-0.2, 0) is 13.6 Å². The summed E-state index contributed by atoms with van der Waals surface area (Å²) in [4.78, 5) is 4.43. The van der Waals surface area contributed by atoms with Crippen LogP contribution in [0.25, 0.3) is 10.9 Å². The lowest BCUT2D eigenvalue weighted by atomic mass is 10.1. The number of hydrogen-bond acceptors (Lipinski definition) is 6. The minimum absolute atomic E-state index is 0.248. The number of ether oxygens (including phenoxy) is 1. The van der Waals surface area contributed by atoms with E-state index < -0.39 is 7.60 Å². The molecule has 1 aromatic heterocycles. The third kappa shape index (κ3) is 4.31. The summed E-state index contributed by atoms with van der Waals surface area (Å²) in [5, 5.41) is 5.05. The zero-order chi connectivity index (χ0) is 20.1. The largest absolute Gasteiger partial charge is 0.497 e. The van der Waals surface area contributed by atoms with Gasteiger partial charge in [0.05, 0.1) is 31.5 Å². The second-order valence-corrected chi connectivity index (χ2v) is 8.30. The van der Waals surface area contributed by atoms with Crippen molar-refractivity contribution in [2.75, 3.05) is 25.6 Å². The highest BCUT2D eigenvalue weighted by Crippen LogP contribution is 2.50. The van der Waals surface area contributed by atoms with Crippen molar-refractivity contribution in [1.82, 2.24) is 4.98 Å². The van der Waals surface area contributed by atoms with Crippen molar-refractivity contribution in [3.8, 4) is 5.75 Å². The van der Waals surface area contributed by atoms with Gasteiger partial charge in [-0.1, -0.05) is 11.6 Å². The van der Waals surface area contributed by atoms with E-state index >= 15 is 0 Å². The maximum Gasteiger partial charge on any atom is 0.365 e. The van der Waals surface area contributed by atoms with Crippen LogP contribution in [0.15, 0.2) is 48.7 Å². The molecule has 3 rings (SSSR count). The summed E-state index contributed by atoms with van der Waals surface area (Å²) in [5.74, 6) is 0.742. The molecule has 0 atom stereocenters. The summed E-state index contributed by atoms with van der Waals surface area (Å²) in [6, 6.07) is 12.8. The lowest BCUT2D eigenvalue weighted by molar-refractivity contribution is 0.230. The van der Waals surface area contributed by atoms with E-state index in [1.807, 2.05) is 30.3 Å². The summed E-state index contributed by atoms with van der Waals surface area (Å²) in [6.45, 7) is 4.04. The Labute approximate surface area is 169 Å². The molecule has 3 aromatic rings. The van der Waals surface area contributed by atoms with Crippen LogP contribution in [0.5, 0.6) is 5.75 Å². The molecule has 0 amide bonds. The van der Waals surface area contributed by atoms with Gasteiger partial charge >= 0.3 is 7.60 Å². The molecule has 8 heteroatoms. The van der Waals surface area contributed by atoms with Gasteiger partial charge in [-0.25, -0.2) is 0 Å². The first-order valence-corrected chi connectivity index (χ1v) is 10.8. The number of fused-ring (bicyclic) bond motifs is 1. The van der Waals surface area contributed by atoms with Crippen molar-refractivity contribution in [2.24, 2.45) is 0 Å². The van der Waals surface area contributed by atoms with Gasteiger partial charge in [-0.15, -0.1) is 0 Å². The molecule has 0 fully saturated rings. The van der Waals surface area contributed by atoms with Crippen LogP contribution in [-0.4, -0.2) is 25.3 Å². The first kappa shape index (κ1) is 20.6. The number of nitrogens with one attached hydrogen (secondary N) is 1. The van der Waals surface area contributed by atoms with Gasteiger partial charge in [-0.2, -0.15) is 0 Å². The second kappa shape index (κ2) is 8.93. The molecular weight excluding hydrogens is 399 g/mol. The van der Waals surface area contributed by atoms with Crippen LogP contribution >= 0.6 is 19.2 Å². The molecule has 0 aliphatic rings. The quantitative estimate of drug-likeness (QED) is 0.483. The highest BCUT2D eigenvalue weighted by Gasteiger charge is 2.31. The third-order valence-electron chi connectivity index (χ3n) is 4.06.